The monoisotopic (exact) mass is 518 g/mol. The van der Waals surface area contributed by atoms with Crippen molar-refractivity contribution in [3.8, 4) is 0 Å². The molecular formula is C28H36Cl2N2OS. The molecule has 34 heavy (non-hydrogen) atoms. The minimum Gasteiger partial charge on any atom is -0.331 e. The third-order valence-electron chi connectivity index (χ3n) is 6.64. The van der Waals surface area contributed by atoms with Crippen molar-refractivity contribution >= 4 is 40.9 Å². The summed E-state index contributed by atoms with van der Waals surface area (Å²) in [5.74, 6) is 1.12. The third-order valence-corrected chi connectivity index (χ3v) is 8.51. The van der Waals surface area contributed by atoms with Crippen molar-refractivity contribution < 1.29 is 4.79 Å². The van der Waals surface area contributed by atoms with E-state index >= 15 is 0 Å². The molecule has 0 bridgehead atoms. The Morgan fingerprint density at radius 2 is 1.88 bits per heavy atom. The first-order chi connectivity index (χ1) is 16.0. The van der Waals surface area contributed by atoms with Gasteiger partial charge in [-0.2, -0.15) is 11.8 Å². The largest absolute Gasteiger partial charge is 0.331 e. The second-order valence-corrected chi connectivity index (χ2v) is 13.2. The normalized spacial score (nSPS) is 24.2. The van der Waals surface area contributed by atoms with Gasteiger partial charge in [-0.1, -0.05) is 76.0 Å². The van der Waals surface area contributed by atoms with Crippen LogP contribution in [0.3, 0.4) is 0 Å². The number of carbonyl (C=O) groups is 1. The van der Waals surface area contributed by atoms with Gasteiger partial charge in [0, 0.05) is 39.9 Å². The van der Waals surface area contributed by atoms with Crippen molar-refractivity contribution in [3.63, 3.8) is 0 Å². The van der Waals surface area contributed by atoms with Crippen LogP contribution in [-0.2, 0) is 4.79 Å². The summed E-state index contributed by atoms with van der Waals surface area (Å²) >= 11 is 14.5. The van der Waals surface area contributed by atoms with Gasteiger partial charge in [-0.25, -0.2) is 0 Å². The number of aromatic nitrogens is 1. The Morgan fingerprint density at radius 1 is 1.21 bits per heavy atom. The Hall–Kier alpha value is -1.49. The summed E-state index contributed by atoms with van der Waals surface area (Å²) in [7, 11) is 0. The van der Waals surface area contributed by atoms with Gasteiger partial charge in [-0.15, -0.1) is 6.58 Å². The van der Waals surface area contributed by atoms with Gasteiger partial charge in [0.25, 0.3) is 0 Å². The highest BCUT2D eigenvalue weighted by Crippen LogP contribution is 2.52. The number of allylic oxidation sites excluding steroid dienone is 1. The highest BCUT2D eigenvalue weighted by Gasteiger charge is 2.51. The second kappa shape index (κ2) is 11.1. The van der Waals surface area contributed by atoms with Crippen LogP contribution >= 0.6 is 35.0 Å². The topological polar surface area (TPSA) is 33.2 Å². The van der Waals surface area contributed by atoms with E-state index in [4.69, 9.17) is 23.2 Å². The number of nitrogens with zero attached hydrogens (tertiary/aromatic N) is 2. The molecule has 0 radical (unpaired) electrons. The number of halogens is 2. The van der Waals surface area contributed by atoms with E-state index in [1.807, 2.05) is 42.2 Å². The minimum absolute atomic E-state index is 0.0451. The van der Waals surface area contributed by atoms with E-state index in [-0.39, 0.29) is 28.7 Å². The number of hydrogen-bond donors (Lipinski definition) is 0. The summed E-state index contributed by atoms with van der Waals surface area (Å²) in [4.78, 5) is 20.8. The first kappa shape index (κ1) is 27.1. The van der Waals surface area contributed by atoms with Crippen molar-refractivity contribution in [1.29, 1.82) is 0 Å². The number of pyridine rings is 1. The van der Waals surface area contributed by atoms with Crippen LogP contribution < -0.4 is 0 Å². The van der Waals surface area contributed by atoms with Crippen LogP contribution in [0, 0.1) is 5.41 Å². The summed E-state index contributed by atoms with van der Waals surface area (Å²) in [6.45, 7) is 14.9. The summed E-state index contributed by atoms with van der Waals surface area (Å²) < 4.78 is 0.114. The van der Waals surface area contributed by atoms with Crippen LogP contribution in [0.15, 0.2) is 55.4 Å². The van der Waals surface area contributed by atoms with E-state index in [1.165, 1.54) is 0 Å². The predicted octanol–water partition coefficient (Wildman–Crippen LogP) is 8.34. The molecule has 0 saturated carbocycles. The Balaban J connectivity index is 2.19. The lowest BCUT2D eigenvalue weighted by atomic mass is 9.67. The standard InChI is InChI=1S/C28H36Cl2N2OS/c1-7-13-28(6)15-24(20-14-22(30)17-31-16-20)25(19-9-11-21(29)12-10-19)32(26(28)33)23(8-2)18-34-27(3,4)5/h7,9-12,14,16-17,23-25H,1,8,13,15,18H2,2-6H3/t23?,24-,25-,28+/m1/s1. The zero-order valence-electron chi connectivity index (χ0n) is 20.9. The van der Waals surface area contributed by atoms with Crippen LogP contribution in [0.5, 0.6) is 0 Å². The van der Waals surface area contributed by atoms with Crippen LogP contribution in [0.2, 0.25) is 10.0 Å². The number of likely N-dealkylation sites (tertiary alicyclic amines) is 1. The Morgan fingerprint density at radius 3 is 2.44 bits per heavy atom. The molecule has 2 heterocycles. The second-order valence-electron chi connectivity index (χ2n) is 10.5. The van der Waals surface area contributed by atoms with E-state index < -0.39 is 5.41 Å². The predicted molar refractivity (Wildman–Crippen MR) is 147 cm³/mol. The Kier molecular flexibility index (Phi) is 8.81. The number of thioether (sulfide) groups is 1. The number of benzene rings is 1. The summed E-state index contributed by atoms with van der Waals surface area (Å²) in [6.07, 6.45) is 7.63. The SMILES string of the molecule is C=CC[C@@]1(C)C[C@H](c2cncc(Cl)c2)[C@@H](c2ccc(Cl)cc2)N(C(CC)CSC(C)(C)C)C1=O. The maximum Gasteiger partial charge on any atom is 0.229 e. The molecule has 2 aromatic rings. The average molecular weight is 520 g/mol. The fourth-order valence-corrected chi connectivity index (χ4v) is 6.32. The van der Waals surface area contributed by atoms with Crippen molar-refractivity contribution in [3.05, 3.63) is 76.6 Å². The molecule has 1 saturated heterocycles. The Labute approximate surface area is 219 Å². The average Bonchev–Trinajstić information content (AvgIpc) is 2.77. The molecule has 4 atom stereocenters. The molecule has 6 heteroatoms. The molecular weight excluding hydrogens is 483 g/mol. The first-order valence-corrected chi connectivity index (χ1v) is 13.7. The summed E-state index contributed by atoms with van der Waals surface area (Å²) in [5, 5.41) is 1.29. The van der Waals surface area contributed by atoms with Crippen molar-refractivity contribution in [2.75, 3.05) is 5.75 Å². The molecule has 0 spiro atoms. The molecule has 184 valence electrons. The summed E-state index contributed by atoms with van der Waals surface area (Å²) in [5.41, 5.74) is 1.60. The number of hydrogen-bond acceptors (Lipinski definition) is 3. The third kappa shape index (κ3) is 6.19. The highest BCUT2D eigenvalue weighted by atomic mass is 35.5. The molecule has 1 aliphatic heterocycles. The van der Waals surface area contributed by atoms with E-state index in [2.05, 4.69) is 63.2 Å². The van der Waals surface area contributed by atoms with Gasteiger partial charge in [0.15, 0.2) is 0 Å². The zero-order chi connectivity index (χ0) is 25.1. The lowest BCUT2D eigenvalue weighted by molar-refractivity contribution is -0.153. The molecule has 1 amide bonds. The van der Waals surface area contributed by atoms with Gasteiger partial charge < -0.3 is 4.90 Å². The van der Waals surface area contributed by atoms with E-state index in [1.54, 1.807) is 6.20 Å². The van der Waals surface area contributed by atoms with Crippen molar-refractivity contribution in [2.24, 2.45) is 5.41 Å². The van der Waals surface area contributed by atoms with Gasteiger partial charge in [0.05, 0.1) is 16.5 Å². The van der Waals surface area contributed by atoms with E-state index in [0.717, 1.165) is 23.3 Å². The molecule has 3 rings (SSSR count). The highest BCUT2D eigenvalue weighted by molar-refractivity contribution is 8.00. The maximum absolute atomic E-state index is 14.3. The van der Waals surface area contributed by atoms with Crippen LogP contribution in [-0.4, -0.2) is 32.3 Å². The van der Waals surface area contributed by atoms with Gasteiger partial charge in [-0.3, -0.25) is 9.78 Å². The molecule has 0 aliphatic carbocycles. The van der Waals surface area contributed by atoms with Crippen LogP contribution in [0.25, 0.3) is 0 Å². The van der Waals surface area contributed by atoms with Crippen LogP contribution in [0.4, 0.5) is 0 Å². The fourth-order valence-electron chi connectivity index (χ4n) is 4.92. The lowest BCUT2D eigenvalue weighted by Gasteiger charge is -2.52. The molecule has 3 nitrogen and oxygen atoms in total. The number of piperidine rings is 1. The van der Waals surface area contributed by atoms with Gasteiger partial charge >= 0.3 is 0 Å². The first-order valence-electron chi connectivity index (χ1n) is 11.9. The minimum atomic E-state index is -0.544. The number of carbonyl (C=O) groups excluding carboxylic acids is 1. The molecule has 1 fully saturated rings. The van der Waals surface area contributed by atoms with E-state index in [9.17, 15) is 4.79 Å². The number of amides is 1. The van der Waals surface area contributed by atoms with Gasteiger partial charge in [0.2, 0.25) is 5.91 Å². The molecule has 1 unspecified atom stereocenters. The van der Waals surface area contributed by atoms with E-state index in [0.29, 0.717) is 22.9 Å². The van der Waals surface area contributed by atoms with Crippen molar-refractivity contribution in [2.45, 2.75) is 76.6 Å². The molecule has 0 N–H and O–H groups in total. The lowest BCUT2D eigenvalue weighted by Crippen LogP contribution is -2.56. The Bertz CT molecular complexity index is 1000. The van der Waals surface area contributed by atoms with Gasteiger partial charge in [-0.05, 0) is 48.6 Å². The zero-order valence-corrected chi connectivity index (χ0v) is 23.2. The van der Waals surface area contributed by atoms with Gasteiger partial charge in [0.1, 0.15) is 0 Å². The molecule has 1 aromatic carbocycles. The summed E-state index contributed by atoms with van der Waals surface area (Å²) in [6, 6.07) is 9.89. The fraction of sp³-hybridized carbons (Fsp3) is 0.500. The quantitative estimate of drug-likeness (QED) is 0.329. The smallest absolute Gasteiger partial charge is 0.229 e. The molecule has 1 aromatic heterocycles. The number of rotatable bonds is 8. The maximum atomic E-state index is 14.3. The van der Waals surface area contributed by atoms with Crippen LogP contribution in [0.1, 0.15) is 77.0 Å². The van der Waals surface area contributed by atoms with Crippen molar-refractivity contribution in [1.82, 2.24) is 9.88 Å². The molecule has 1 aliphatic rings.